The van der Waals surface area contributed by atoms with Gasteiger partial charge in [-0.05, 0) is 59.7 Å². The Morgan fingerprint density at radius 3 is 2.00 bits per heavy atom. The van der Waals surface area contributed by atoms with E-state index in [1.54, 1.807) is 42.5 Å². The Hall–Kier alpha value is -3.89. The van der Waals surface area contributed by atoms with E-state index in [0.29, 0.717) is 40.0 Å². The minimum absolute atomic E-state index is 0. The second kappa shape index (κ2) is 13.0. The van der Waals surface area contributed by atoms with Crippen molar-refractivity contribution < 1.29 is 65.7 Å². The second-order valence-electron chi connectivity index (χ2n) is 8.88. The van der Waals surface area contributed by atoms with Crippen LogP contribution in [0, 0.1) is 0 Å². The van der Waals surface area contributed by atoms with Crippen molar-refractivity contribution in [3.05, 3.63) is 113 Å². The fourth-order valence-corrected chi connectivity index (χ4v) is 4.34. The fraction of sp³-hybridized carbons (Fsp3) is 0.100. The number of rotatable bonds is 2. The van der Waals surface area contributed by atoms with E-state index in [4.69, 9.17) is 9.15 Å². The first-order chi connectivity index (χ1) is 18.3. The SMILES string of the molecule is O=c1c(-c2ccc(O)cc2)coc2cc(O)ccc12.Oc1ccc(C2COc3cc(O)ccc3C2O)cc1.[B].[H-].[Na+]. The van der Waals surface area contributed by atoms with Crippen LogP contribution in [0.25, 0.3) is 22.1 Å². The van der Waals surface area contributed by atoms with Gasteiger partial charge in [-0.3, -0.25) is 4.79 Å². The molecule has 0 aliphatic carbocycles. The van der Waals surface area contributed by atoms with Crippen molar-refractivity contribution in [3.63, 3.8) is 0 Å². The van der Waals surface area contributed by atoms with Crippen LogP contribution < -0.4 is 39.7 Å². The third-order valence-corrected chi connectivity index (χ3v) is 6.37. The summed E-state index contributed by atoms with van der Waals surface area (Å²) >= 11 is 0. The van der Waals surface area contributed by atoms with Gasteiger partial charge in [0.25, 0.3) is 0 Å². The zero-order valence-electron chi connectivity index (χ0n) is 22.6. The summed E-state index contributed by atoms with van der Waals surface area (Å²) < 4.78 is 11.0. The number of hydrogen-bond donors (Lipinski definition) is 5. The van der Waals surface area contributed by atoms with Crippen LogP contribution in [0.3, 0.4) is 0 Å². The standard InChI is InChI=1S/C15H14O4.C15H10O4.B.Na.H/c2*16-10-3-1-9(2-4-10)13-8-19-14-7-11(17)5-6-12(14)15(13)18;;;/h1-7,13,15-18H,8H2;1-8,16-17H;;;/q;;;+1;-1. The van der Waals surface area contributed by atoms with E-state index >= 15 is 0 Å². The predicted octanol–water partition coefficient (Wildman–Crippen LogP) is 1.91. The minimum atomic E-state index is -0.686. The predicted molar refractivity (Wildman–Crippen MR) is 148 cm³/mol. The normalized spacial score (nSPS) is 15.3. The van der Waals surface area contributed by atoms with Gasteiger partial charge in [0.2, 0.25) is 0 Å². The molecule has 6 rings (SSSR count). The first kappa shape index (κ1) is 30.7. The maximum absolute atomic E-state index is 12.3. The van der Waals surface area contributed by atoms with Gasteiger partial charge in [0.15, 0.2) is 5.43 Å². The van der Waals surface area contributed by atoms with E-state index in [0.717, 1.165) is 5.56 Å². The van der Waals surface area contributed by atoms with Gasteiger partial charge in [-0.2, -0.15) is 0 Å². The summed E-state index contributed by atoms with van der Waals surface area (Å²) in [5.74, 6) is 0.835. The topological polar surface area (TPSA) is 141 Å². The van der Waals surface area contributed by atoms with Crippen LogP contribution in [0.15, 0.2) is 100 Å². The first-order valence-electron chi connectivity index (χ1n) is 11.8. The van der Waals surface area contributed by atoms with E-state index in [9.17, 15) is 30.3 Å². The van der Waals surface area contributed by atoms with Crippen molar-refractivity contribution >= 4 is 19.4 Å². The molecule has 5 aromatic rings. The molecule has 8 nitrogen and oxygen atoms in total. The molecule has 197 valence electrons. The van der Waals surface area contributed by atoms with Crippen LogP contribution >= 0.6 is 0 Å². The number of phenolic OH excluding ortho intramolecular Hbond substituents is 4. The molecule has 2 atom stereocenters. The third-order valence-electron chi connectivity index (χ3n) is 6.37. The number of benzene rings is 4. The van der Waals surface area contributed by atoms with E-state index < -0.39 is 6.10 Å². The van der Waals surface area contributed by atoms with Gasteiger partial charge in [-0.25, -0.2) is 0 Å². The Balaban J connectivity index is 0.000000267. The summed E-state index contributed by atoms with van der Waals surface area (Å²) in [6, 6.07) is 22.1. The molecule has 5 N–H and O–H groups in total. The number of ether oxygens (including phenoxy) is 1. The fourth-order valence-electron chi connectivity index (χ4n) is 4.34. The molecule has 1 aromatic heterocycles. The number of phenols is 4. The third kappa shape index (κ3) is 6.46. The minimum Gasteiger partial charge on any atom is -1.00 e. The molecular formula is C30H25BNaO8. The Kier molecular flexibility index (Phi) is 9.95. The zero-order valence-corrected chi connectivity index (χ0v) is 23.6. The largest absolute Gasteiger partial charge is 1.00 e. The van der Waals surface area contributed by atoms with Crippen LogP contribution in [0.4, 0.5) is 0 Å². The molecular weight excluding hydrogens is 522 g/mol. The maximum atomic E-state index is 12.3. The molecule has 0 saturated heterocycles. The first-order valence-corrected chi connectivity index (χ1v) is 11.8. The van der Waals surface area contributed by atoms with Crippen LogP contribution in [-0.4, -0.2) is 40.6 Å². The number of fused-ring (bicyclic) bond motifs is 2. The molecule has 0 spiro atoms. The molecule has 0 saturated carbocycles. The van der Waals surface area contributed by atoms with Gasteiger partial charge in [0.1, 0.15) is 40.6 Å². The van der Waals surface area contributed by atoms with Crippen molar-refractivity contribution in [2.75, 3.05) is 6.61 Å². The van der Waals surface area contributed by atoms with Gasteiger partial charge >= 0.3 is 29.6 Å². The van der Waals surface area contributed by atoms with Crippen molar-refractivity contribution in [2.24, 2.45) is 0 Å². The molecule has 0 bridgehead atoms. The Morgan fingerprint density at radius 1 is 0.750 bits per heavy atom. The molecule has 3 radical (unpaired) electrons. The van der Waals surface area contributed by atoms with Crippen LogP contribution in [0.2, 0.25) is 0 Å². The monoisotopic (exact) mass is 547 g/mol. The van der Waals surface area contributed by atoms with Gasteiger partial charge in [-0.1, -0.05) is 24.3 Å². The van der Waals surface area contributed by atoms with Gasteiger partial charge in [-0.15, -0.1) is 0 Å². The van der Waals surface area contributed by atoms with Gasteiger partial charge in [0.05, 0.1) is 23.7 Å². The summed E-state index contributed by atoms with van der Waals surface area (Å²) in [6.07, 6.45) is 0.671. The van der Waals surface area contributed by atoms with Crippen LogP contribution in [0.1, 0.15) is 24.6 Å². The van der Waals surface area contributed by atoms with Crippen molar-refractivity contribution in [3.8, 4) is 39.9 Å². The summed E-state index contributed by atoms with van der Waals surface area (Å²) in [5, 5.41) is 48.1. The summed E-state index contributed by atoms with van der Waals surface area (Å²) in [4.78, 5) is 12.3. The number of hydrogen-bond acceptors (Lipinski definition) is 8. The average molecular weight is 547 g/mol. The Labute approximate surface area is 255 Å². The molecule has 40 heavy (non-hydrogen) atoms. The van der Waals surface area contributed by atoms with E-state index in [2.05, 4.69) is 0 Å². The van der Waals surface area contributed by atoms with Crippen molar-refractivity contribution in [1.82, 2.24) is 0 Å². The van der Waals surface area contributed by atoms with Crippen molar-refractivity contribution in [1.29, 1.82) is 0 Å². The number of aromatic hydroxyl groups is 4. The maximum Gasteiger partial charge on any atom is 1.00 e. The summed E-state index contributed by atoms with van der Waals surface area (Å²) in [7, 11) is 0. The summed E-state index contributed by atoms with van der Waals surface area (Å²) in [5.41, 5.74) is 2.82. The van der Waals surface area contributed by atoms with Gasteiger partial charge in [0, 0.05) is 32.0 Å². The molecule has 0 amide bonds. The average Bonchev–Trinajstić information content (AvgIpc) is 2.91. The van der Waals surface area contributed by atoms with E-state index in [1.807, 2.05) is 0 Å². The Bertz CT molecular complexity index is 1660. The molecule has 1 aliphatic heterocycles. The van der Waals surface area contributed by atoms with Gasteiger partial charge < -0.3 is 36.1 Å². The molecule has 2 heterocycles. The van der Waals surface area contributed by atoms with Crippen LogP contribution in [0.5, 0.6) is 28.7 Å². The quantitative estimate of drug-likeness (QED) is 0.211. The summed E-state index contributed by atoms with van der Waals surface area (Å²) in [6.45, 7) is 0.336. The van der Waals surface area contributed by atoms with Crippen molar-refractivity contribution in [2.45, 2.75) is 12.0 Å². The molecule has 4 aromatic carbocycles. The molecule has 2 unspecified atom stereocenters. The second-order valence-corrected chi connectivity index (χ2v) is 8.88. The number of aliphatic hydroxyl groups excluding tert-OH is 1. The van der Waals surface area contributed by atoms with Crippen LogP contribution in [-0.2, 0) is 0 Å². The zero-order chi connectivity index (χ0) is 26.8. The Morgan fingerprint density at radius 2 is 1.32 bits per heavy atom. The molecule has 10 heteroatoms. The number of aliphatic hydroxyl groups is 1. The molecule has 0 fully saturated rings. The van der Waals surface area contributed by atoms with E-state index in [-0.39, 0.29) is 73.7 Å². The van der Waals surface area contributed by atoms with E-state index in [1.165, 1.54) is 48.7 Å². The molecule has 1 aliphatic rings. The smallest absolute Gasteiger partial charge is 1.00 e.